The SMILES string of the molecule is CC(C)CC(C)(CN)Nc1c(F)cc([N+](=O)[O-])cc1F. The molecule has 0 fully saturated rings. The first-order valence-corrected chi connectivity index (χ1v) is 6.30. The molecule has 1 aromatic carbocycles. The van der Waals surface area contributed by atoms with E-state index in [1.54, 1.807) is 6.92 Å². The molecule has 0 heterocycles. The molecule has 0 amide bonds. The molecule has 20 heavy (non-hydrogen) atoms. The second kappa shape index (κ2) is 6.13. The number of nitrogens with one attached hydrogen (secondary N) is 1. The fourth-order valence-electron chi connectivity index (χ4n) is 2.17. The Balaban J connectivity index is 3.11. The van der Waals surface area contributed by atoms with Gasteiger partial charge < -0.3 is 11.1 Å². The van der Waals surface area contributed by atoms with Crippen LogP contribution in [0.1, 0.15) is 27.2 Å². The third-order valence-electron chi connectivity index (χ3n) is 2.97. The molecule has 1 aromatic rings. The predicted molar refractivity (Wildman–Crippen MR) is 73.5 cm³/mol. The number of nitro groups is 1. The predicted octanol–water partition coefficient (Wildman–Crippen LogP) is 3.05. The minimum Gasteiger partial charge on any atom is -0.374 e. The molecule has 1 unspecified atom stereocenters. The highest BCUT2D eigenvalue weighted by Crippen LogP contribution is 2.29. The van der Waals surface area contributed by atoms with Gasteiger partial charge in [0.15, 0.2) is 11.6 Å². The third kappa shape index (κ3) is 3.86. The van der Waals surface area contributed by atoms with Crippen LogP contribution in [0.4, 0.5) is 20.2 Å². The average molecular weight is 287 g/mol. The van der Waals surface area contributed by atoms with Crippen molar-refractivity contribution in [1.29, 1.82) is 0 Å². The summed E-state index contributed by atoms with van der Waals surface area (Å²) in [5.41, 5.74) is 3.97. The monoisotopic (exact) mass is 287 g/mol. The first kappa shape index (κ1) is 16.3. The van der Waals surface area contributed by atoms with Crippen molar-refractivity contribution in [3.8, 4) is 0 Å². The fourth-order valence-corrected chi connectivity index (χ4v) is 2.17. The first-order valence-electron chi connectivity index (χ1n) is 6.30. The molecule has 0 saturated heterocycles. The Morgan fingerprint density at radius 1 is 1.40 bits per heavy atom. The van der Waals surface area contributed by atoms with Crippen LogP contribution in [0.25, 0.3) is 0 Å². The lowest BCUT2D eigenvalue weighted by Crippen LogP contribution is -2.44. The van der Waals surface area contributed by atoms with Gasteiger partial charge in [-0.25, -0.2) is 8.78 Å². The Morgan fingerprint density at radius 3 is 2.25 bits per heavy atom. The van der Waals surface area contributed by atoms with Crippen LogP contribution in [0.3, 0.4) is 0 Å². The van der Waals surface area contributed by atoms with E-state index in [1.807, 2.05) is 13.8 Å². The molecule has 5 nitrogen and oxygen atoms in total. The van der Waals surface area contributed by atoms with Gasteiger partial charge in [-0.1, -0.05) is 13.8 Å². The number of hydrogen-bond donors (Lipinski definition) is 2. The van der Waals surface area contributed by atoms with Gasteiger partial charge in [0.1, 0.15) is 5.69 Å². The number of halogens is 2. The van der Waals surface area contributed by atoms with Crippen LogP contribution in [0, 0.1) is 27.7 Å². The van der Waals surface area contributed by atoms with Crippen LogP contribution in [0.15, 0.2) is 12.1 Å². The summed E-state index contributed by atoms with van der Waals surface area (Å²) in [7, 11) is 0. The molecular weight excluding hydrogens is 268 g/mol. The van der Waals surface area contributed by atoms with Gasteiger partial charge in [-0.2, -0.15) is 0 Å². The van der Waals surface area contributed by atoms with Crippen LogP contribution in [-0.2, 0) is 0 Å². The van der Waals surface area contributed by atoms with Crippen LogP contribution < -0.4 is 11.1 Å². The van der Waals surface area contributed by atoms with Crippen molar-refractivity contribution in [2.45, 2.75) is 32.7 Å². The van der Waals surface area contributed by atoms with E-state index in [-0.39, 0.29) is 18.2 Å². The number of anilines is 1. The highest BCUT2D eigenvalue weighted by molar-refractivity contribution is 5.53. The average Bonchev–Trinajstić information content (AvgIpc) is 2.32. The van der Waals surface area contributed by atoms with Crippen LogP contribution >= 0.6 is 0 Å². The van der Waals surface area contributed by atoms with E-state index in [0.717, 1.165) is 0 Å². The first-order chi connectivity index (χ1) is 9.18. The number of rotatable bonds is 6. The summed E-state index contributed by atoms with van der Waals surface area (Å²) in [6.45, 7) is 5.88. The quantitative estimate of drug-likeness (QED) is 0.622. The van der Waals surface area contributed by atoms with Gasteiger partial charge in [-0.05, 0) is 19.3 Å². The Hall–Kier alpha value is -1.76. The van der Waals surface area contributed by atoms with E-state index in [0.29, 0.717) is 18.6 Å². The lowest BCUT2D eigenvalue weighted by Gasteiger charge is -2.32. The summed E-state index contributed by atoms with van der Waals surface area (Å²) in [4.78, 5) is 9.69. The molecule has 0 aliphatic heterocycles. The smallest absolute Gasteiger partial charge is 0.275 e. The zero-order valence-electron chi connectivity index (χ0n) is 11.7. The molecule has 0 aromatic heterocycles. The Morgan fingerprint density at radius 2 is 1.90 bits per heavy atom. The molecule has 3 N–H and O–H groups in total. The molecule has 0 bridgehead atoms. The third-order valence-corrected chi connectivity index (χ3v) is 2.97. The molecule has 0 saturated carbocycles. The summed E-state index contributed by atoms with van der Waals surface area (Å²) >= 11 is 0. The van der Waals surface area contributed by atoms with Gasteiger partial charge in [-0.3, -0.25) is 10.1 Å². The largest absolute Gasteiger partial charge is 0.374 e. The Labute approximate surface area is 116 Å². The van der Waals surface area contributed by atoms with Crippen molar-refractivity contribution >= 4 is 11.4 Å². The van der Waals surface area contributed by atoms with Crippen molar-refractivity contribution in [1.82, 2.24) is 0 Å². The molecule has 1 atom stereocenters. The lowest BCUT2D eigenvalue weighted by atomic mass is 9.90. The second-order valence-electron chi connectivity index (χ2n) is 5.53. The number of benzene rings is 1. The Kier molecular flexibility index (Phi) is 4.99. The van der Waals surface area contributed by atoms with Gasteiger partial charge >= 0.3 is 0 Å². The minimum atomic E-state index is -1.000. The molecule has 112 valence electrons. The van der Waals surface area contributed by atoms with Crippen LogP contribution in [-0.4, -0.2) is 17.0 Å². The van der Waals surface area contributed by atoms with Crippen molar-refractivity contribution < 1.29 is 13.7 Å². The molecule has 0 radical (unpaired) electrons. The minimum absolute atomic E-state index is 0.182. The summed E-state index contributed by atoms with van der Waals surface area (Å²) in [6.07, 6.45) is 0.610. The maximum absolute atomic E-state index is 13.8. The summed E-state index contributed by atoms with van der Waals surface area (Å²) in [6, 6.07) is 1.38. The van der Waals surface area contributed by atoms with E-state index in [4.69, 9.17) is 5.73 Å². The van der Waals surface area contributed by atoms with E-state index in [9.17, 15) is 18.9 Å². The maximum Gasteiger partial charge on any atom is 0.275 e. The van der Waals surface area contributed by atoms with Crippen molar-refractivity contribution in [3.05, 3.63) is 33.9 Å². The van der Waals surface area contributed by atoms with Crippen molar-refractivity contribution in [3.63, 3.8) is 0 Å². The number of hydrogen-bond acceptors (Lipinski definition) is 4. The maximum atomic E-state index is 13.8. The standard InChI is InChI=1S/C13H19F2N3O2/c1-8(2)6-13(3,7-16)17-12-10(14)4-9(18(19)20)5-11(12)15/h4-5,8,17H,6-7,16H2,1-3H3. The van der Waals surface area contributed by atoms with Crippen LogP contribution in [0.5, 0.6) is 0 Å². The van der Waals surface area contributed by atoms with Crippen molar-refractivity contribution in [2.24, 2.45) is 11.7 Å². The zero-order chi connectivity index (χ0) is 15.5. The Bertz CT molecular complexity index is 485. The molecular formula is C13H19F2N3O2. The molecule has 0 spiro atoms. The molecule has 0 aliphatic carbocycles. The lowest BCUT2D eigenvalue weighted by molar-refractivity contribution is -0.385. The number of nitro benzene ring substituents is 1. The zero-order valence-corrected chi connectivity index (χ0v) is 11.7. The van der Waals surface area contributed by atoms with Gasteiger partial charge in [0.2, 0.25) is 0 Å². The van der Waals surface area contributed by atoms with Crippen molar-refractivity contribution in [2.75, 3.05) is 11.9 Å². The van der Waals surface area contributed by atoms with Gasteiger partial charge in [0.25, 0.3) is 5.69 Å². The van der Waals surface area contributed by atoms with Gasteiger partial charge in [-0.15, -0.1) is 0 Å². The van der Waals surface area contributed by atoms with Gasteiger partial charge in [0.05, 0.1) is 17.1 Å². The van der Waals surface area contributed by atoms with E-state index >= 15 is 0 Å². The van der Waals surface area contributed by atoms with Gasteiger partial charge in [0, 0.05) is 12.1 Å². The normalized spacial score (nSPS) is 14.2. The van der Waals surface area contributed by atoms with E-state index in [1.165, 1.54) is 0 Å². The van der Waals surface area contributed by atoms with Crippen LogP contribution in [0.2, 0.25) is 0 Å². The fraction of sp³-hybridized carbons (Fsp3) is 0.538. The topological polar surface area (TPSA) is 81.2 Å². The van der Waals surface area contributed by atoms with E-state index in [2.05, 4.69) is 5.32 Å². The summed E-state index contributed by atoms with van der Waals surface area (Å²) in [5, 5.41) is 13.3. The molecule has 1 rings (SSSR count). The number of nitrogens with zero attached hydrogens (tertiary/aromatic N) is 1. The van der Waals surface area contributed by atoms with E-state index < -0.39 is 27.8 Å². The highest BCUT2D eigenvalue weighted by Gasteiger charge is 2.27. The summed E-state index contributed by atoms with van der Waals surface area (Å²) < 4.78 is 27.7. The second-order valence-corrected chi connectivity index (χ2v) is 5.53. The number of nitrogens with two attached hydrogens (primary N) is 1. The molecule has 0 aliphatic rings. The summed E-state index contributed by atoms with van der Waals surface area (Å²) in [5.74, 6) is -1.72. The number of non-ortho nitro benzene ring substituents is 1. The molecule has 7 heteroatoms. The highest BCUT2D eigenvalue weighted by atomic mass is 19.1.